The Morgan fingerprint density at radius 2 is 2.00 bits per heavy atom. The molecule has 0 saturated carbocycles. The molecule has 3 aromatic rings. The molecule has 1 heterocycles. The number of carbonyl (C=O) groups is 1. The average Bonchev–Trinajstić information content (AvgIpc) is 2.60. The first-order valence-electron chi connectivity index (χ1n) is 7.02. The number of para-hydroxylation sites is 1. The Bertz CT molecular complexity index is 859. The van der Waals surface area contributed by atoms with E-state index in [-0.39, 0.29) is 5.97 Å². The molecular weight excluding hydrogens is 358 g/mol. The quantitative estimate of drug-likeness (QED) is 0.639. The van der Waals surface area contributed by atoms with Crippen molar-refractivity contribution in [3.63, 3.8) is 0 Å². The zero-order chi connectivity index (χ0) is 16.2. The molecule has 0 radical (unpaired) electrons. The van der Waals surface area contributed by atoms with Crippen LogP contribution < -0.4 is 4.74 Å². The first kappa shape index (κ1) is 15.5. The molecule has 0 aliphatic rings. The van der Waals surface area contributed by atoms with Gasteiger partial charge in [-0.2, -0.15) is 0 Å². The molecule has 0 fully saturated rings. The Kier molecular flexibility index (Phi) is 4.57. The summed E-state index contributed by atoms with van der Waals surface area (Å²) in [6.45, 7) is 0.393. The van der Waals surface area contributed by atoms with E-state index in [0.717, 1.165) is 16.5 Å². The van der Waals surface area contributed by atoms with Crippen molar-refractivity contribution in [3.05, 3.63) is 70.3 Å². The van der Waals surface area contributed by atoms with Gasteiger partial charge in [0.05, 0.1) is 22.7 Å². The first-order valence-corrected chi connectivity index (χ1v) is 7.81. The fourth-order valence-electron chi connectivity index (χ4n) is 2.30. The van der Waals surface area contributed by atoms with E-state index in [9.17, 15) is 4.79 Å². The number of aromatic nitrogens is 1. The molecule has 0 aliphatic carbocycles. The number of hydrogen-bond donors (Lipinski definition) is 0. The van der Waals surface area contributed by atoms with Crippen LogP contribution in [-0.2, 0) is 11.3 Å². The third kappa shape index (κ3) is 3.35. The second-order valence-corrected chi connectivity index (χ2v) is 5.77. The van der Waals surface area contributed by atoms with Gasteiger partial charge in [0.15, 0.2) is 0 Å². The van der Waals surface area contributed by atoms with Crippen LogP contribution in [0.5, 0.6) is 5.75 Å². The number of fused-ring (bicyclic) bond motifs is 1. The summed E-state index contributed by atoms with van der Waals surface area (Å²) in [5.41, 5.74) is 2.41. The lowest BCUT2D eigenvalue weighted by molar-refractivity contribution is 0.0600. The van der Waals surface area contributed by atoms with Gasteiger partial charge >= 0.3 is 5.97 Å². The highest BCUT2D eigenvalue weighted by Gasteiger charge is 2.10. The summed E-state index contributed by atoms with van der Waals surface area (Å²) in [4.78, 5) is 15.9. The van der Waals surface area contributed by atoms with Gasteiger partial charge in [0.25, 0.3) is 0 Å². The number of benzene rings is 2. The van der Waals surface area contributed by atoms with Crippen molar-refractivity contribution in [1.82, 2.24) is 4.98 Å². The second kappa shape index (κ2) is 6.79. The number of halogens is 1. The van der Waals surface area contributed by atoms with Gasteiger partial charge in [0, 0.05) is 17.1 Å². The van der Waals surface area contributed by atoms with Crippen molar-refractivity contribution >= 4 is 32.8 Å². The fourth-order valence-corrected chi connectivity index (χ4v) is 2.80. The van der Waals surface area contributed by atoms with Crippen molar-refractivity contribution in [2.75, 3.05) is 7.11 Å². The van der Waals surface area contributed by atoms with Gasteiger partial charge in [-0.3, -0.25) is 4.98 Å². The Balaban J connectivity index is 1.81. The molecule has 5 heteroatoms. The second-order valence-electron chi connectivity index (χ2n) is 4.92. The largest absolute Gasteiger partial charge is 0.488 e. The standard InChI is InChI=1S/C18H14BrNO3/c1-22-18(21)13-7-8-16(15(19)10-13)23-11-14-5-2-4-12-6-3-9-20-17(12)14/h2-10H,11H2,1H3. The minimum absolute atomic E-state index is 0.379. The molecule has 0 aliphatic heterocycles. The minimum atomic E-state index is -0.379. The third-order valence-corrected chi connectivity index (χ3v) is 4.07. The number of esters is 1. The number of nitrogens with zero attached hydrogens (tertiary/aromatic N) is 1. The van der Waals surface area contributed by atoms with Gasteiger partial charge in [-0.25, -0.2) is 4.79 Å². The van der Waals surface area contributed by atoms with Gasteiger partial charge in [-0.15, -0.1) is 0 Å². The highest BCUT2D eigenvalue weighted by molar-refractivity contribution is 9.10. The molecule has 4 nitrogen and oxygen atoms in total. The molecule has 0 spiro atoms. The van der Waals surface area contributed by atoms with Crippen LogP contribution in [-0.4, -0.2) is 18.1 Å². The van der Waals surface area contributed by atoms with E-state index in [2.05, 4.69) is 20.9 Å². The molecule has 0 atom stereocenters. The molecule has 0 saturated heterocycles. The molecule has 0 N–H and O–H groups in total. The highest BCUT2D eigenvalue weighted by Crippen LogP contribution is 2.28. The predicted molar refractivity (Wildman–Crippen MR) is 91.6 cm³/mol. The lowest BCUT2D eigenvalue weighted by Crippen LogP contribution is -2.02. The summed E-state index contributed by atoms with van der Waals surface area (Å²) < 4.78 is 11.3. The topological polar surface area (TPSA) is 48.4 Å². The van der Waals surface area contributed by atoms with E-state index in [4.69, 9.17) is 9.47 Å². The molecule has 0 amide bonds. The number of ether oxygens (including phenoxy) is 2. The Morgan fingerprint density at radius 3 is 2.78 bits per heavy atom. The zero-order valence-electron chi connectivity index (χ0n) is 12.5. The fraction of sp³-hybridized carbons (Fsp3) is 0.111. The number of carbonyl (C=O) groups excluding carboxylic acids is 1. The van der Waals surface area contributed by atoms with E-state index in [1.165, 1.54) is 7.11 Å². The van der Waals surface area contributed by atoms with Crippen LogP contribution in [0.2, 0.25) is 0 Å². The van der Waals surface area contributed by atoms with Gasteiger partial charge in [-0.1, -0.05) is 24.3 Å². The van der Waals surface area contributed by atoms with Gasteiger partial charge < -0.3 is 9.47 Å². The van der Waals surface area contributed by atoms with Crippen LogP contribution in [0, 0.1) is 0 Å². The smallest absolute Gasteiger partial charge is 0.337 e. The molecule has 0 unspecified atom stereocenters. The van der Waals surface area contributed by atoms with Crippen molar-refractivity contribution in [1.29, 1.82) is 0 Å². The lowest BCUT2D eigenvalue weighted by atomic mass is 10.1. The maximum atomic E-state index is 11.5. The molecule has 1 aromatic heterocycles. The van der Waals surface area contributed by atoms with E-state index in [1.54, 1.807) is 24.4 Å². The Labute approximate surface area is 142 Å². The predicted octanol–water partition coefficient (Wildman–Crippen LogP) is 4.36. The summed E-state index contributed by atoms with van der Waals surface area (Å²) in [5, 5.41) is 1.08. The van der Waals surface area contributed by atoms with Gasteiger partial charge in [-0.05, 0) is 40.2 Å². The normalized spacial score (nSPS) is 10.5. The minimum Gasteiger partial charge on any atom is -0.488 e. The summed E-state index contributed by atoms with van der Waals surface area (Å²) in [7, 11) is 1.36. The molecule has 2 aromatic carbocycles. The maximum absolute atomic E-state index is 11.5. The summed E-state index contributed by atoms with van der Waals surface area (Å²) >= 11 is 3.42. The van der Waals surface area contributed by atoms with Crippen molar-refractivity contribution < 1.29 is 14.3 Å². The maximum Gasteiger partial charge on any atom is 0.337 e. The van der Waals surface area contributed by atoms with Crippen LogP contribution in [0.4, 0.5) is 0 Å². The number of methoxy groups -OCH3 is 1. The zero-order valence-corrected chi connectivity index (χ0v) is 14.0. The van der Waals surface area contributed by atoms with Crippen LogP contribution in [0.15, 0.2) is 59.2 Å². The average molecular weight is 372 g/mol. The SMILES string of the molecule is COC(=O)c1ccc(OCc2cccc3cccnc23)c(Br)c1. The van der Waals surface area contributed by atoms with Crippen molar-refractivity contribution in [3.8, 4) is 5.75 Å². The van der Waals surface area contributed by atoms with Gasteiger partial charge in [0.2, 0.25) is 0 Å². The van der Waals surface area contributed by atoms with Crippen molar-refractivity contribution in [2.24, 2.45) is 0 Å². The lowest BCUT2D eigenvalue weighted by Gasteiger charge is -2.10. The summed E-state index contributed by atoms with van der Waals surface area (Å²) in [6, 6.07) is 15.0. The Hall–Kier alpha value is -2.40. The van der Waals surface area contributed by atoms with Crippen LogP contribution in [0.3, 0.4) is 0 Å². The van der Waals surface area contributed by atoms with E-state index >= 15 is 0 Å². The molecule has 3 rings (SSSR count). The highest BCUT2D eigenvalue weighted by atomic mass is 79.9. The van der Waals surface area contributed by atoms with E-state index < -0.39 is 0 Å². The van der Waals surface area contributed by atoms with Crippen LogP contribution >= 0.6 is 15.9 Å². The van der Waals surface area contributed by atoms with E-state index in [0.29, 0.717) is 22.4 Å². The Morgan fingerprint density at radius 1 is 1.17 bits per heavy atom. The number of rotatable bonds is 4. The third-order valence-electron chi connectivity index (χ3n) is 3.45. The summed E-state index contributed by atoms with van der Waals surface area (Å²) in [6.07, 6.45) is 1.77. The number of hydrogen-bond acceptors (Lipinski definition) is 4. The monoisotopic (exact) mass is 371 g/mol. The first-order chi connectivity index (χ1) is 11.2. The van der Waals surface area contributed by atoms with Crippen molar-refractivity contribution in [2.45, 2.75) is 6.61 Å². The van der Waals surface area contributed by atoms with Crippen LogP contribution in [0.25, 0.3) is 10.9 Å². The molecule has 23 heavy (non-hydrogen) atoms. The summed E-state index contributed by atoms with van der Waals surface area (Å²) in [5.74, 6) is 0.279. The van der Waals surface area contributed by atoms with E-state index in [1.807, 2.05) is 30.3 Å². The van der Waals surface area contributed by atoms with Gasteiger partial charge in [0.1, 0.15) is 12.4 Å². The molecule has 0 bridgehead atoms. The molecular formula is C18H14BrNO3. The molecule has 116 valence electrons. The van der Waals surface area contributed by atoms with Crippen LogP contribution in [0.1, 0.15) is 15.9 Å². The number of pyridine rings is 1.